The van der Waals surface area contributed by atoms with E-state index in [9.17, 15) is 4.79 Å². The van der Waals surface area contributed by atoms with E-state index in [1.165, 1.54) is 0 Å². The van der Waals surface area contributed by atoms with Crippen molar-refractivity contribution in [3.8, 4) is 17.2 Å². The fourth-order valence-electron chi connectivity index (χ4n) is 2.76. The summed E-state index contributed by atoms with van der Waals surface area (Å²) in [7, 11) is 4.65. The molecule has 2 aromatic carbocycles. The van der Waals surface area contributed by atoms with Crippen LogP contribution in [0.3, 0.4) is 0 Å². The SMILES string of the molecule is COc1cc(C2=C(I)c3ccccc3CC(=O)O2)cc(OC)c1OC. The van der Waals surface area contributed by atoms with Gasteiger partial charge in [0, 0.05) is 5.56 Å². The van der Waals surface area contributed by atoms with Crippen molar-refractivity contribution in [1.29, 1.82) is 0 Å². The van der Waals surface area contributed by atoms with Crippen molar-refractivity contribution in [2.45, 2.75) is 6.42 Å². The summed E-state index contributed by atoms with van der Waals surface area (Å²) in [4.78, 5) is 12.3. The Morgan fingerprint density at radius 1 is 1.00 bits per heavy atom. The molecule has 0 amide bonds. The highest BCUT2D eigenvalue weighted by atomic mass is 127. The van der Waals surface area contributed by atoms with E-state index in [1.54, 1.807) is 33.5 Å². The van der Waals surface area contributed by atoms with Crippen LogP contribution in [0, 0.1) is 0 Å². The number of methoxy groups -OCH3 is 3. The van der Waals surface area contributed by atoms with Gasteiger partial charge >= 0.3 is 5.97 Å². The van der Waals surface area contributed by atoms with E-state index in [0.717, 1.165) is 14.7 Å². The van der Waals surface area contributed by atoms with E-state index in [0.29, 0.717) is 28.6 Å². The quantitative estimate of drug-likeness (QED) is 0.517. The molecule has 0 saturated heterocycles. The molecular weight excluding hydrogens is 435 g/mol. The van der Waals surface area contributed by atoms with Gasteiger partial charge in [0.25, 0.3) is 0 Å². The van der Waals surface area contributed by atoms with Crippen molar-refractivity contribution >= 4 is 37.9 Å². The number of ether oxygens (including phenoxy) is 4. The minimum atomic E-state index is -0.303. The summed E-state index contributed by atoms with van der Waals surface area (Å²) in [5, 5.41) is 0. The summed E-state index contributed by atoms with van der Waals surface area (Å²) in [6.45, 7) is 0. The molecule has 0 saturated carbocycles. The lowest BCUT2D eigenvalue weighted by Crippen LogP contribution is -2.06. The van der Waals surface area contributed by atoms with Gasteiger partial charge in [0.15, 0.2) is 17.3 Å². The first-order chi connectivity index (χ1) is 12.1. The van der Waals surface area contributed by atoms with Gasteiger partial charge in [-0.3, -0.25) is 4.79 Å². The molecule has 0 aliphatic carbocycles. The molecular formula is C19H17IO5. The third-order valence-corrected chi connectivity index (χ3v) is 5.00. The van der Waals surface area contributed by atoms with E-state index in [2.05, 4.69) is 22.6 Å². The van der Waals surface area contributed by atoms with Crippen molar-refractivity contribution in [2.24, 2.45) is 0 Å². The molecule has 0 aromatic heterocycles. The number of cyclic esters (lactones) is 1. The van der Waals surface area contributed by atoms with Gasteiger partial charge in [-0.05, 0) is 45.9 Å². The molecule has 1 aliphatic rings. The van der Waals surface area contributed by atoms with Gasteiger partial charge in [0.2, 0.25) is 5.75 Å². The van der Waals surface area contributed by atoms with Crippen LogP contribution >= 0.6 is 22.6 Å². The number of hydrogen-bond donors (Lipinski definition) is 0. The predicted molar refractivity (Wildman–Crippen MR) is 103 cm³/mol. The standard InChI is InChI=1S/C19H17IO5/c1-22-14-8-12(9-15(23-2)19(14)24-3)18-17(20)13-7-5-4-6-11(13)10-16(21)25-18/h4-9H,10H2,1-3H3. The molecule has 0 radical (unpaired) electrons. The Labute approximate surface area is 159 Å². The molecule has 0 atom stereocenters. The summed E-state index contributed by atoms with van der Waals surface area (Å²) >= 11 is 2.20. The highest BCUT2D eigenvalue weighted by Crippen LogP contribution is 2.43. The van der Waals surface area contributed by atoms with Crippen molar-refractivity contribution in [1.82, 2.24) is 0 Å². The zero-order valence-corrected chi connectivity index (χ0v) is 16.2. The number of hydrogen-bond acceptors (Lipinski definition) is 5. The average molecular weight is 452 g/mol. The Balaban J connectivity index is 2.22. The number of carbonyl (C=O) groups is 1. The number of esters is 1. The fourth-order valence-corrected chi connectivity index (χ4v) is 3.71. The van der Waals surface area contributed by atoms with Crippen molar-refractivity contribution in [3.05, 3.63) is 53.1 Å². The number of fused-ring (bicyclic) bond motifs is 1. The van der Waals surface area contributed by atoms with E-state index in [1.807, 2.05) is 24.3 Å². The summed E-state index contributed by atoms with van der Waals surface area (Å²) in [5.41, 5.74) is 2.61. The van der Waals surface area contributed by atoms with Gasteiger partial charge in [-0.15, -0.1) is 0 Å². The smallest absolute Gasteiger partial charge is 0.315 e. The Hall–Kier alpha value is -2.22. The molecule has 6 heteroatoms. The first-order valence-electron chi connectivity index (χ1n) is 7.58. The molecule has 2 aromatic rings. The van der Waals surface area contributed by atoms with Crippen LogP contribution in [0.1, 0.15) is 16.7 Å². The second kappa shape index (κ2) is 7.35. The highest BCUT2D eigenvalue weighted by Gasteiger charge is 2.25. The molecule has 0 N–H and O–H groups in total. The summed E-state index contributed by atoms with van der Waals surface area (Å²) in [5.74, 6) is 1.67. The lowest BCUT2D eigenvalue weighted by molar-refractivity contribution is -0.135. The average Bonchev–Trinajstić information content (AvgIpc) is 2.76. The second-order valence-electron chi connectivity index (χ2n) is 5.37. The van der Waals surface area contributed by atoms with Crippen molar-refractivity contribution in [2.75, 3.05) is 21.3 Å². The number of halogens is 1. The molecule has 0 fully saturated rings. The van der Waals surface area contributed by atoms with Crippen LogP contribution in [0.25, 0.3) is 9.34 Å². The van der Waals surface area contributed by atoms with Gasteiger partial charge in [-0.1, -0.05) is 24.3 Å². The van der Waals surface area contributed by atoms with E-state index >= 15 is 0 Å². The van der Waals surface area contributed by atoms with Crippen LogP contribution in [-0.2, 0) is 16.0 Å². The lowest BCUT2D eigenvalue weighted by Gasteiger charge is -2.16. The molecule has 0 spiro atoms. The maximum Gasteiger partial charge on any atom is 0.315 e. The fraction of sp³-hybridized carbons (Fsp3) is 0.211. The second-order valence-corrected chi connectivity index (χ2v) is 6.44. The first-order valence-corrected chi connectivity index (χ1v) is 8.66. The lowest BCUT2D eigenvalue weighted by atomic mass is 10.0. The molecule has 5 nitrogen and oxygen atoms in total. The summed E-state index contributed by atoms with van der Waals surface area (Å²) in [6, 6.07) is 11.3. The molecule has 3 rings (SSSR count). The third-order valence-electron chi connectivity index (χ3n) is 3.93. The molecule has 130 valence electrons. The normalized spacial score (nSPS) is 13.7. The molecule has 0 bridgehead atoms. The summed E-state index contributed by atoms with van der Waals surface area (Å²) in [6.07, 6.45) is 0.233. The van der Waals surface area contributed by atoms with Crippen LogP contribution in [0.4, 0.5) is 0 Å². The maximum absolute atomic E-state index is 12.3. The van der Waals surface area contributed by atoms with Crippen molar-refractivity contribution in [3.63, 3.8) is 0 Å². The first kappa shape index (κ1) is 17.6. The van der Waals surface area contributed by atoms with E-state index < -0.39 is 0 Å². The minimum absolute atomic E-state index is 0.233. The largest absolute Gasteiger partial charge is 0.493 e. The zero-order chi connectivity index (χ0) is 18.0. The molecule has 1 aliphatic heterocycles. The van der Waals surface area contributed by atoms with Crippen LogP contribution in [0.5, 0.6) is 17.2 Å². The van der Waals surface area contributed by atoms with Crippen molar-refractivity contribution < 1.29 is 23.7 Å². The Bertz CT molecular complexity index is 832. The van der Waals surface area contributed by atoms with Crippen LogP contribution in [0.15, 0.2) is 36.4 Å². The van der Waals surface area contributed by atoms with E-state index in [-0.39, 0.29) is 12.4 Å². The van der Waals surface area contributed by atoms with Gasteiger partial charge in [0.1, 0.15) is 0 Å². The monoisotopic (exact) mass is 452 g/mol. The number of benzene rings is 2. The number of carbonyl (C=O) groups excluding carboxylic acids is 1. The van der Waals surface area contributed by atoms with E-state index in [4.69, 9.17) is 18.9 Å². The zero-order valence-electron chi connectivity index (χ0n) is 14.1. The molecule has 0 unspecified atom stereocenters. The summed E-state index contributed by atoms with van der Waals surface area (Å²) < 4.78 is 22.7. The number of rotatable bonds is 4. The highest BCUT2D eigenvalue weighted by molar-refractivity contribution is 14.1. The van der Waals surface area contributed by atoms with Gasteiger partial charge in [-0.25, -0.2) is 0 Å². The van der Waals surface area contributed by atoms with Gasteiger partial charge in [-0.2, -0.15) is 0 Å². The Morgan fingerprint density at radius 2 is 1.64 bits per heavy atom. The van der Waals surface area contributed by atoms with Crippen LogP contribution in [-0.4, -0.2) is 27.3 Å². The van der Waals surface area contributed by atoms with Gasteiger partial charge in [0.05, 0.1) is 31.3 Å². The predicted octanol–water partition coefficient (Wildman–Crippen LogP) is 4.07. The minimum Gasteiger partial charge on any atom is -0.493 e. The van der Waals surface area contributed by atoms with Crippen LogP contribution in [0.2, 0.25) is 0 Å². The molecule has 25 heavy (non-hydrogen) atoms. The van der Waals surface area contributed by atoms with Crippen LogP contribution < -0.4 is 14.2 Å². The van der Waals surface area contributed by atoms with Gasteiger partial charge < -0.3 is 18.9 Å². The Morgan fingerprint density at radius 3 is 2.24 bits per heavy atom. The maximum atomic E-state index is 12.3. The third kappa shape index (κ3) is 3.30. The topological polar surface area (TPSA) is 54.0 Å². The molecule has 1 heterocycles. The Kier molecular flexibility index (Phi) is 5.17.